The highest BCUT2D eigenvalue weighted by Gasteiger charge is 2.61. The number of rotatable bonds is 4. The van der Waals surface area contributed by atoms with Gasteiger partial charge in [0.05, 0.1) is 5.92 Å². The third kappa shape index (κ3) is 2.70. The molecule has 0 N–H and O–H groups in total. The molecule has 1 aliphatic heterocycles. The summed E-state index contributed by atoms with van der Waals surface area (Å²) in [4.78, 5) is 38.1. The van der Waals surface area contributed by atoms with Gasteiger partial charge in [0.1, 0.15) is 0 Å². The van der Waals surface area contributed by atoms with E-state index in [1.54, 1.807) is 0 Å². The first-order valence-electron chi connectivity index (χ1n) is 8.65. The summed E-state index contributed by atoms with van der Waals surface area (Å²) in [6, 6.07) is 0. The minimum absolute atomic E-state index is 0.134. The molecule has 1 fully saturated rings. The molecule has 1 heterocycles. The number of hydrogen-bond donors (Lipinski definition) is 0. The Labute approximate surface area is 142 Å². The van der Waals surface area contributed by atoms with Crippen LogP contribution in [0.2, 0.25) is 0 Å². The highest BCUT2D eigenvalue weighted by molar-refractivity contribution is 6.19. The molecular formula is C19H25NO4. The monoisotopic (exact) mass is 331 g/mol. The first-order chi connectivity index (χ1) is 11.2. The summed E-state index contributed by atoms with van der Waals surface area (Å²) in [5, 5.41) is 0. The van der Waals surface area contributed by atoms with Crippen molar-refractivity contribution in [1.82, 2.24) is 4.90 Å². The summed E-state index contributed by atoms with van der Waals surface area (Å²) in [6.45, 7) is 7.83. The Kier molecular flexibility index (Phi) is 4.14. The van der Waals surface area contributed by atoms with Crippen LogP contribution >= 0.6 is 0 Å². The maximum atomic E-state index is 12.4. The van der Waals surface area contributed by atoms with Crippen LogP contribution in [0, 0.1) is 17.3 Å². The summed E-state index contributed by atoms with van der Waals surface area (Å²) < 4.78 is 5.33. The maximum absolute atomic E-state index is 12.4. The van der Waals surface area contributed by atoms with Crippen LogP contribution < -0.4 is 0 Å². The second-order valence-electron chi connectivity index (χ2n) is 7.86. The molecule has 2 amide bonds. The van der Waals surface area contributed by atoms with Gasteiger partial charge in [0.25, 0.3) is 11.8 Å². The predicted octanol–water partition coefficient (Wildman–Crippen LogP) is 2.96. The van der Waals surface area contributed by atoms with E-state index < -0.39 is 0 Å². The van der Waals surface area contributed by atoms with Crippen molar-refractivity contribution < 1.29 is 19.1 Å². The number of carbonyl (C=O) groups is 3. The second-order valence-corrected chi connectivity index (χ2v) is 7.86. The highest BCUT2D eigenvalue weighted by Crippen LogP contribution is 2.59. The van der Waals surface area contributed by atoms with Gasteiger partial charge in [-0.15, -0.1) is 0 Å². The van der Waals surface area contributed by atoms with Crippen molar-refractivity contribution in [2.24, 2.45) is 17.3 Å². The molecule has 130 valence electrons. The Morgan fingerprint density at radius 2 is 1.71 bits per heavy atom. The summed E-state index contributed by atoms with van der Waals surface area (Å²) in [5.41, 5.74) is 2.28. The lowest BCUT2D eigenvalue weighted by Gasteiger charge is -2.15. The minimum atomic E-state index is -0.326. The second kappa shape index (κ2) is 5.87. The minimum Gasteiger partial charge on any atom is -0.443 e. The predicted molar refractivity (Wildman–Crippen MR) is 88.5 cm³/mol. The maximum Gasteiger partial charge on any atom is 0.311 e. The molecule has 3 aliphatic rings. The molecule has 24 heavy (non-hydrogen) atoms. The Morgan fingerprint density at radius 3 is 2.21 bits per heavy atom. The molecule has 0 aromatic heterocycles. The average molecular weight is 331 g/mol. The zero-order valence-corrected chi connectivity index (χ0v) is 14.8. The summed E-state index contributed by atoms with van der Waals surface area (Å²) >= 11 is 0. The first kappa shape index (κ1) is 16.9. The van der Waals surface area contributed by atoms with Gasteiger partial charge in [-0.1, -0.05) is 25.5 Å². The molecule has 5 nitrogen and oxygen atoms in total. The fourth-order valence-electron chi connectivity index (χ4n) is 3.93. The Hall–Kier alpha value is -1.91. The van der Waals surface area contributed by atoms with Crippen molar-refractivity contribution in [3.8, 4) is 0 Å². The van der Waals surface area contributed by atoms with E-state index in [1.807, 2.05) is 27.7 Å². The fraction of sp³-hybridized carbons (Fsp3) is 0.632. The van der Waals surface area contributed by atoms with Gasteiger partial charge >= 0.3 is 5.97 Å². The number of carbonyl (C=O) groups excluding carboxylic acids is 3. The van der Waals surface area contributed by atoms with Crippen LogP contribution in [0.15, 0.2) is 22.8 Å². The van der Waals surface area contributed by atoms with Crippen molar-refractivity contribution in [2.75, 3.05) is 6.73 Å². The van der Waals surface area contributed by atoms with E-state index in [2.05, 4.69) is 6.08 Å². The SMILES string of the molecule is CC(C)=CC1[C@@H](C(=O)OCN2C(=O)C3=C(CCCC3)C2=O)C1(C)C. The molecule has 0 saturated heterocycles. The van der Waals surface area contributed by atoms with Crippen LogP contribution in [-0.2, 0) is 19.1 Å². The van der Waals surface area contributed by atoms with Crippen molar-refractivity contribution in [2.45, 2.75) is 53.4 Å². The Morgan fingerprint density at radius 1 is 1.17 bits per heavy atom. The van der Waals surface area contributed by atoms with Crippen LogP contribution in [0.5, 0.6) is 0 Å². The molecule has 0 bridgehead atoms. The van der Waals surface area contributed by atoms with Crippen molar-refractivity contribution in [3.05, 3.63) is 22.8 Å². The van der Waals surface area contributed by atoms with Gasteiger partial charge in [-0.05, 0) is 50.9 Å². The van der Waals surface area contributed by atoms with E-state index in [0.29, 0.717) is 24.0 Å². The number of hydrogen-bond acceptors (Lipinski definition) is 4. The molecule has 1 unspecified atom stereocenters. The molecule has 1 saturated carbocycles. The highest BCUT2D eigenvalue weighted by atomic mass is 16.5. The van der Waals surface area contributed by atoms with Crippen LogP contribution in [0.4, 0.5) is 0 Å². The third-order valence-electron chi connectivity index (χ3n) is 5.49. The van der Waals surface area contributed by atoms with Crippen LogP contribution in [0.1, 0.15) is 53.4 Å². The standard InChI is InChI=1S/C19H25NO4/c1-11(2)9-14-15(19(14,3)4)18(23)24-10-20-16(21)12-7-5-6-8-13(12)17(20)22/h9,14-15H,5-8,10H2,1-4H3/t14?,15-/m0/s1. The van der Waals surface area contributed by atoms with Gasteiger partial charge in [0.15, 0.2) is 6.73 Å². The molecule has 5 heteroatoms. The van der Waals surface area contributed by atoms with E-state index in [9.17, 15) is 14.4 Å². The lowest BCUT2D eigenvalue weighted by atomic mass is 9.93. The van der Waals surface area contributed by atoms with Crippen LogP contribution in [0.3, 0.4) is 0 Å². The Bertz CT molecular complexity index is 639. The van der Waals surface area contributed by atoms with Crippen molar-refractivity contribution in [3.63, 3.8) is 0 Å². The smallest absolute Gasteiger partial charge is 0.311 e. The van der Waals surface area contributed by atoms with Crippen molar-refractivity contribution in [1.29, 1.82) is 0 Å². The zero-order chi connectivity index (χ0) is 17.6. The fourth-order valence-corrected chi connectivity index (χ4v) is 3.93. The van der Waals surface area contributed by atoms with E-state index in [4.69, 9.17) is 4.74 Å². The van der Waals surface area contributed by atoms with E-state index >= 15 is 0 Å². The van der Waals surface area contributed by atoms with Crippen molar-refractivity contribution >= 4 is 17.8 Å². The normalized spacial score (nSPS) is 27.9. The largest absolute Gasteiger partial charge is 0.443 e. The summed E-state index contributed by atoms with van der Waals surface area (Å²) in [5.74, 6) is -0.932. The zero-order valence-electron chi connectivity index (χ0n) is 14.8. The quantitative estimate of drug-likeness (QED) is 0.451. The number of nitrogens with zero attached hydrogens (tertiary/aromatic N) is 1. The number of imide groups is 1. The molecule has 2 aliphatic carbocycles. The van der Waals surface area contributed by atoms with Gasteiger partial charge in [-0.25, -0.2) is 4.90 Å². The molecule has 0 spiro atoms. The molecule has 0 aromatic carbocycles. The van der Waals surface area contributed by atoms with E-state index in [-0.39, 0.29) is 41.8 Å². The number of ether oxygens (including phenoxy) is 1. The lowest BCUT2D eigenvalue weighted by molar-refractivity contribution is -0.156. The van der Waals surface area contributed by atoms with Gasteiger partial charge < -0.3 is 4.74 Å². The number of amides is 2. The van der Waals surface area contributed by atoms with Crippen LogP contribution in [0.25, 0.3) is 0 Å². The average Bonchev–Trinajstić information content (AvgIpc) is 2.96. The van der Waals surface area contributed by atoms with Gasteiger partial charge in [-0.3, -0.25) is 14.4 Å². The number of allylic oxidation sites excluding steroid dienone is 2. The molecule has 3 rings (SSSR count). The van der Waals surface area contributed by atoms with E-state index in [0.717, 1.165) is 17.7 Å². The molecule has 0 aromatic rings. The molecular weight excluding hydrogens is 306 g/mol. The van der Waals surface area contributed by atoms with Gasteiger partial charge in [0.2, 0.25) is 0 Å². The third-order valence-corrected chi connectivity index (χ3v) is 5.49. The first-order valence-corrected chi connectivity index (χ1v) is 8.65. The summed E-state index contributed by atoms with van der Waals surface area (Å²) in [6.07, 6.45) is 5.28. The number of esters is 1. The molecule has 0 radical (unpaired) electrons. The topological polar surface area (TPSA) is 63.7 Å². The van der Waals surface area contributed by atoms with Crippen LogP contribution in [-0.4, -0.2) is 29.4 Å². The summed E-state index contributed by atoms with van der Waals surface area (Å²) in [7, 11) is 0. The van der Waals surface area contributed by atoms with Gasteiger partial charge in [0, 0.05) is 11.1 Å². The lowest BCUT2D eigenvalue weighted by Crippen LogP contribution is -2.35. The van der Waals surface area contributed by atoms with Gasteiger partial charge in [-0.2, -0.15) is 0 Å². The molecule has 2 atom stereocenters. The van der Waals surface area contributed by atoms with E-state index in [1.165, 1.54) is 5.57 Å². The Balaban J connectivity index is 1.61.